The number of hydrogen-bond donors (Lipinski definition) is 2. The van der Waals surface area contributed by atoms with Gasteiger partial charge in [-0.05, 0) is 0 Å². The second-order valence-electron chi connectivity index (χ2n) is 2.47. The predicted octanol–water partition coefficient (Wildman–Crippen LogP) is 1.25. The summed E-state index contributed by atoms with van der Waals surface area (Å²) in [6, 6.07) is 0.415. The molecule has 0 atom stereocenters. The van der Waals surface area contributed by atoms with Crippen LogP contribution in [-0.2, 0) is 0 Å². The number of ether oxygens (including phenoxy) is 1. The summed E-state index contributed by atoms with van der Waals surface area (Å²) in [7, 11) is 1.11. The first-order valence-corrected chi connectivity index (χ1v) is 3.53. The largest absolute Gasteiger partial charge is 0.492 e. The molecule has 1 aromatic carbocycles. The number of methoxy groups -OCH3 is 1. The van der Waals surface area contributed by atoms with Crippen LogP contribution in [0.25, 0.3) is 0 Å². The minimum Gasteiger partial charge on any atom is -0.492 e. The van der Waals surface area contributed by atoms with Gasteiger partial charge < -0.3 is 15.6 Å². The van der Waals surface area contributed by atoms with Crippen LogP contribution in [0.15, 0.2) is 6.07 Å². The molecule has 0 unspecified atom stereocenters. The number of nitrogen functional groups attached to an aromatic ring is 1. The Morgan fingerprint density at radius 1 is 1.50 bits per heavy atom. The third-order valence-corrected chi connectivity index (χ3v) is 1.64. The highest BCUT2D eigenvalue weighted by molar-refractivity contribution is 5.95. The van der Waals surface area contributed by atoms with E-state index in [2.05, 4.69) is 4.74 Å². The van der Waals surface area contributed by atoms with Gasteiger partial charge in [0.2, 0.25) is 0 Å². The Bertz CT molecular complexity index is 393. The van der Waals surface area contributed by atoms with E-state index in [1.165, 1.54) is 0 Å². The van der Waals surface area contributed by atoms with Crippen LogP contribution in [-0.4, -0.2) is 18.2 Å². The Labute approximate surface area is 77.9 Å². The summed E-state index contributed by atoms with van der Waals surface area (Å²) in [6.07, 6.45) is 0. The third-order valence-electron chi connectivity index (χ3n) is 1.64. The maximum absolute atomic E-state index is 12.9. The summed E-state index contributed by atoms with van der Waals surface area (Å²) in [5, 5.41) is 8.56. The third kappa shape index (κ3) is 1.46. The van der Waals surface area contributed by atoms with Crippen molar-refractivity contribution in [2.45, 2.75) is 0 Å². The number of aromatic carboxylic acids is 1. The Balaban J connectivity index is 3.52. The van der Waals surface area contributed by atoms with Crippen molar-refractivity contribution in [3.05, 3.63) is 23.3 Å². The lowest BCUT2D eigenvalue weighted by atomic mass is 10.1. The number of hydrogen-bond acceptors (Lipinski definition) is 3. The van der Waals surface area contributed by atoms with Gasteiger partial charge >= 0.3 is 5.97 Å². The topological polar surface area (TPSA) is 72.5 Å². The fourth-order valence-corrected chi connectivity index (χ4v) is 1.04. The van der Waals surface area contributed by atoms with Gasteiger partial charge in [-0.2, -0.15) is 0 Å². The molecule has 1 aromatic rings. The van der Waals surface area contributed by atoms with Gasteiger partial charge in [0.25, 0.3) is 0 Å². The van der Waals surface area contributed by atoms with E-state index in [9.17, 15) is 13.6 Å². The number of anilines is 1. The Morgan fingerprint density at radius 3 is 2.50 bits per heavy atom. The van der Waals surface area contributed by atoms with E-state index in [4.69, 9.17) is 10.8 Å². The molecule has 0 aliphatic rings. The molecule has 3 N–H and O–H groups in total. The van der Waals surface area contributed by atoms with E-state index in [0.717, 1.165) is 7.11 Å². The lowest BCUT2D eigenvalue weighted by Gasteiger charge is -2.08. The van der Waals surface area contributed by atoms with Crippen molar-refractivity contribution in [1.82, 2.24) is 0 Å². The van der Waals surface area contributed by atoms with Crippen molar-refractivity contribution in [3.8, 4) is 5.75 Å². The van der Waals surface area contributed by atoms with E-state index >= 15 is 0 Å². The number of carbonyl (C=O) groups is 1. The standard InChI is InChI=1S/C8H7F2NO3/c1-14-7-4(10)2-3(9)5(6(7)11)8(12)13/h2H,11H2,1H3,(H,12,13). The molecule has 4 nitrogen and oxygen atoms in total. The molecule has 0 bridgehead atoms. The lowest BCUT2D eigenvalue weighted by molar-refractivity contribution is 0.0692. The van der Waals surface area contributed by atoms with Crippen LogP contribution in [0.5, 0.6) is 5.75 Å². The highest BCUT2D eigenvalue weighted by Crippen LogP contribution is 2.30. The molecule has 0 aromatic heterocycles. The van der Waals surface area contributed by atoms with Gasteiger partial charge in [-0.15, -0.1) is 0 Å². The molecule has 1 rings (SSSR count). The summed E-state index contributed by atoms with van der Waals surface area (Å²) in [5.41, 5.74) is 3.86. The average Bonchev–Trinajstić information content (AvgIpc) is 2.02. The smallest absolute Gasteiger partial charge is 0.340 e. The van der Waals surface area contributed by atoms with Gasteiger partial charge in [0, 0.05) is 6.07 Å². The van der Waals surface area contributed by atoms with Crippen LogP contribution >= 0.6 is 0 Å². The van der Waals surface area contributed by atoms with Gasteiger partial charge in [-0.3, -0.25) is 0 Å². The van der Waals surface area contributed by atoms with E-state index < -0.39 is 34.6 Å². The molecular weight excluding hydrogens is 196 g/mol. The molecule has 0 aliphatic heterocycles. The minimum absolute atomic E-state index is 0.415. The first-order chi connectivity index (χ1) is 6.49. The molecule has 0 saturated carbocycles. The number of carboxylic acids is 1. The van der Waals surface area contributed by atoms with Crippen molar-refractivity contribution >= 4 is 11.7 Å². The molecule has 0 spiro atoms. The summed E-state index contributed by atoms with van der Waals surface area (Å²) in [5.74, 6) is -4.30. The number of carboxylic acid groups (broad SMARTS) is 1. The van der Waals surface area contributed by atoms with Crippen LogP contribution in [0, 0.1) is 11.6 Å². The van der Waals surface area contributed by atoms with Crippen LogP contribution in [0.3, 0.4) is 0 Å². The SMILES string of the molecule is COc1c(F)cc(F)c(C(=O)O)c1N. The maximum atomic E-state index is 12.9. The summed E-state index contributed by atoms with van der Waals surface area (Å²) < 4.78 is 30.3. The number of benzene rings is 1. The molecule has 14 heavy (non-hydrogen) atoms. The van der Waals surface area contributed by atoms with E-state index in [1.807, 2.05) is 0 Å². The molecule has 0 heterocycles. The van der Waals surface area contributed by atoms with Crippen LogP contribution < -0.4 is 10.5 Å². The molecule has 0 saturated heterocycles. The molecule has 0 amide bonds. The quantitative estimate of drug-likeness (QED) is 0.709. The Morgan fingerprint density at radius 2 is 2.07 bits per heavy atom. The van der Waals surface area contributed by atoms with Crippen molar-refractivity contribution in [1.29, 1.82) is 0 Å². The molecule has 6 heteroatoms. The van der Waals surface area contributed by atoms with Crippen molar-refractivity contribution in [2.24, 2.45) is 0 Å². The first kappa shape index (κ1) is 10.2. The fraction of sp³-hybridized carbons (Fsp3) is 0.125. The Hall–Kier alpha value is -1.85. The van der Waals surface area contributed by atoms with Crippen LogP contribution in [0.2, 0.25) is 0 Å². The highest BCUT2D eigenvalue weighted by Gasteiger charge is 2.21. The zero-order valence-corrected chi connectivity index (χ0v) is 7.17. The number of rotatable bonds is 2. The highest BCUT2D eigenvalue weighted by atomic mass is 19.1. The summed E-state index contributed by atoms with van der Waals surface area (Å²) >= 11 is 0. The second-order valence-corrected chi connectivity index (χ2v) is 2.47. The second kappa shape index (κ2) is 3.49. The molecular formula is C8H7F2NO3. The number of nitrogens with two attached hydrogens (primary N) is 1. The molecule has 76 valence electrons. The van der Waals surface area contributed by atoms with E-state index in [-0.39, 0.29) is 0 Å². The Kier molecular flexibility index (Phi) is 2.55. The summed E-state index contributed by atoms with van der Waals surface area (Å²) in [6.45, 7) is 0. The van der Waals surface area contributed by atoms with Gasteiger partial charge in [-0.25, -0.2) is 13.6 Å². The zero-order chi connectivity index (χ0) is 10.9. The van der Waals surface area contributed by atoms with Gasteiger partial charge in [0.05, 0.1) is 12.8 Å². The lowest BCUT2D eigenvalue weighted by Crippen LogP contribution is -2.09. The van der Waals surface area contributed by atoms with Crippen molar-refractivity contribution < 1.29 is 23.4 Å². The average molecular weight is 203 g/mol. The minimum atomic E-state index is -1.57. The van der Waals surface area contributed by atoms with Crippen LogP contribution in [0.4, 0.5) is 14.5 Å². The maximum Gasteiger partial charge on any atom is 0.340 e. The van der Waals surface area contributed by atoms with E-state index in [1.54, 1.807) is 0 Å². The summed E-state index contributed by atoms with van der Waals surface area (Å²) in [4.78, 5) is 10.5. The molecule has 0 aliphatic carbocycles. The van der Waals surface area contributed by atoms with Crippen molar-refractivity contribution in [2.75, 3.05) is 12.8 Å². The normalized spacial score (nSPS) is 9.93. The van der Waals surface area contributed by atoms with Crippen LogP contribution in [0.1, 0.15) is 10.4 Å². The first-order valence-electron chi connectivity index (χ1n) is 3.53. The predicted molar refractivity (Wildman–Crippen MR) is 44.3 cm³/mol. The molecule has 0 fully saturated rings. The number of halogens is 2. The van der Waals surface area contributed by atoms with Gasteiger partial charge in [0.15, 0.2) is 11.6 Å². The van der Waals surface area contributed by atoms with E-state index in [0.29, 0.717) is 6.07 Å². The molecule has 0 radical (unpaired) electrons. The van der Waals surface area contributed by atoms with Gasteiger partial charge in [-0.1, -0.05) is 0 Å². The zero-order valence-electron chi connectivity index (χ0n) is 7.17. The monoisotopic (exact) mass is 203 g/mol. The van der Waals surface area contributed by atoms with Gasteiger partial charge in [0.1, 0.15) is 11.4 Å². The fourth-order valence-electron chi connectivity index (χ4n) is 1.04. The van der Waals surface area contributed by atoms with Crippen molar-refractivity contribution in [3.63, 3.8) is 0 Å².